The lowest BCUT2D eigenvalue weighted by Crippen LogP contribution is -2.03. The van der Waals surface area contributed by atoms with E-state index in [9.17, 15) is 9.50 Å². The molecule has 21 heavy (non-hydrogen) atoms. The zero-order chi connectivity index (χ0) is 15.1. The van der Waals surface area contributed by atoms with Crippen LogP contribution in [0.25, 0.3) is 0 Å². The summed E-state index contributed by atoms with van der Waals surface area (Å²) in [4.78, 5) is 0. The van der Waals surface area contributed by atoms with Crippen molar-refractivity contribution in [2.24, 2.45) is 0 Å². The van der Waals surface area contributed by atoms with Crippen LogP contribution < -0.4 is 9.47 Å². The Kier molecular flexibility index (Phi) is 4.14. The number of fused-ring (bicyclic) bond motifs is 1. The Balaban J connectivity index is 2.05. The molecule has 1 N–H and O–H groups in total. The largest absolute Gasteiger partial charge is 0.454 e. The van der Waals surface area contributed by atoms with Gasteiger partial charge in [0.15, 0.2) is 11.5 Å². The molecular formula is C14H8Br2ClFO3. The van der Waals surface area contributed by atoms with Gasteiger partial charge in [0.05, 0.1) is 9.50 Å². The maximum atomic E-state index is 14.2. The van der Waals surface area contributed by atoms with Crippen LogP contribution in [0.4, 0.5) is 4.39 Å². The minimum absolute atomic E-state index is 0.0636. The number of halogens is 4. The van der Waals surface area contributed by atoms with Crippen molar-refractivity contribution < 1.29 is 19.0 Å². The normalized spacial score (nSPS) is 14.3. The monoisotopic (exact) mass is 436 g/mol. The Morgan fingerprint density at radius 3 is 2.71 bits per heavy atom. The topological polar surface area (TPSA) is 38.7 Å². The number of rotatable bonds is 2. The molecule has 2 aromatic rings. The van der Waals surface area contributed by atoms with Crippen molar-refractivity contribution in [1.82, 2.24) is 0 Å². The first-order valence-electron chi connectivity index (χ1n) is 5.89. The summed E-state index contributed by atoms with van der Waals surface area (Å²) < 4.78 is 25.8. The summed E-state index contributed by atoms with van der Waals surface area (Å²) in [5, 5.41) is 10.3. The average molecular weight is 438 g/mol. The van der Waals surface area contributed by atoms with E-state index in [1.807, 2.05) is 0 Å². The summed E-state index contributed by atoms with van der Waals surface area (Å²) in [5.74, 6) is 0.412. The van der Waals surface area contributed by atoms with Crippen molar-refractivity contribution in [3.63, 3.8) is 0 Å². The first kappa shape index (κ1) is 15.1. The Bertz CT molecular complexity index is 724. The third kappa shape index (κ3) is 2.65. The SMILES string of the molecule is OC(c1cc(Br)c2c(c1)OCO2)c1ccc(Br)c(Cl)c1F. The highest BCUT2D eigenvalue weighted by Gasteiger charge is 2.24. The molecule has 7 heteroatoms. The Labute approximate surface area is 141 Å². The van der Waals surface area contributed by atoms with Crippen LogP contribution >= 0.6 is 43.5 Å². The van der Waals surface area contributed by atoms with Crippen LogP contribution in [0.1, 0.15) is 17.2 Å². The van der Waals surface area contributed by atoms with Crippen LogP contribution in [0.5, 0.6) is 11.5 Å². The highest BCUT2D eigenvalue weighted by atomic mass is 79.9. The molecule has 0 saturated heterocycles. The Morgan fingerprint density at radius 2 is 1.95 bits per heavy atom. The molecule has 1 aliphatic rings. The van der Waals surface area contributed by atoms with Crippen LogP contribution in [0.2, 0.25) is 5.02 Å². The Morgan fingerprint density at radius 1 is 1.19 bits per heavy atom. The first-order valence-corrected chi connectivity index (χ1v) is 7.86. The molecule has 110 valence electrons. The van der Waals surface area contributed by atoms with Gasteiger partial charge >= 0.3 is 0 Å². The Hall–Kier alpha value is -0.820. The number of ether oxygens (including phenoxy) is 2. The molecule has 0 bridgehead atoms. The van der Waals surface area contributed by atoms with Crippen LogP contribution in [0, 0.1) is 5.82 Å². The van der Waals surface area contributed by atoms with E-state index < -0.39 is 11.9 Å². The zero-order valence-electron chi connectivity index (χ0n) is 10.4. The molecular weight excluding hydrogens is 430 g/mol. The lowest BCUT2D eigenvalue weighted by atomic mass is 10.0. The number of hydrogen-bond acceptors (Lipinski definition) is 3. The number of aliphatic hydroxyl groups excluding tert-OH is 1. The van der Waals surface area contributed by atoms with Gasteiger partial charge in [-0.2, -0.15) is 0 Å². The summed E-state index contributed by atoms with van der Waals surface area (Å²) >= 11 is 12.3. The van der Waals surface area contributed by atoms with Crippen molar-refractivity contribution in [3.8, 4) is 11.5 Å². The van der Waals surface area contributed by atoms with Gasteiger partial charge in [0.1, 0.15) is 11.9 Å². The van der Waals surface area contributed by atoms with Gasteiger partial charge in [0.2, 0.25) is 6.79 Å². The van der Waals surface area contributed by atoms with E-state index in [1.165, 1.54) is 6.07 Å². The predicted molar refractivity (Wildman–Crippen MR) is 83.4 cm³/mol. The van der Waals surface area contributed by atoms with Gasteiger partial charge < -0.3 is 14.6 Å². The van der Waals surface area contributed by atoms with Gasteiger partial charge in [-0.15, -0.1) is 0 Å². The van der Waals surface area contributed by atoms with Crippen molar-refractivity contribution >= 4 is 43.5 Å². The highest BCUT2D eigenvalue weighted by molar-refractivity contribution is 9.10. The second-order valence-corrected chi connectivity index (χ2v) is 6.49. The van der Waals surface area contributed by atoms with Gasteiger partial charge in [-0.25, -0.2) is 4.39 Å². The predicted octanol–water partition coefficient (Wildman–Crippen LogP) is 4.81. The molecule has 0 saturated carbocycles. The quantitative estimate of drug-likeness (QED) is 0.684. The van der Waals surface area contributed by atoms with Crippen LogP contribution in [-0.2, 0) is 0 Å². The maximum absolute atomic E-state index is 14.2. The van der Waals surface area contributed by atoms with E-state index in [4.69, 9.17) is 21.1 Å². The molecule has 0 spiro atoms. The zero-order valence-corrected chi connectivity index (χ0v) is 14.3. The van der Waals surface area contributed by atoms with Crippen molar-refractivity contribution in [3.05, 3.63) is 55.2 Å². The third-order valence-corrected chi connectivity index (χ3v) is 4.97. The lowest BCUT2D eigenvalue weighted by Gasteiger charge is -2.15. The molecule has 0 aromatic heterocycles. The van der Waals surface area contributed by atoms with E-state index in [0.717, 1.165) is 0 Å². The number of hydrogen-bond donors (Lipinski definition) is 1. The second-order valence-electron chi connectivity index (χ2n) is 4.40. The van der Waals surface area contributed by atoms with Gasteiger partial charge in [-0.05, 0) is 55.6 Å². The van der Waals surface area contributed by atoms with Crippen molar-refractivity contribution in [1.29, 1.82) is 0 Å². The lowest BCUT2D eigenvalue weighted by molar-refractivity contribution is 0.173. The maximum Gasteiger partial charge on any atom is 0.231 e. The number of benzene rings is 2. The molecule has 1 unspecified atom stereocenters. The van der Waals surface area contributed by atoms with E-state index in [-0.39, 0.29) is 17.4 Å². The fourth-order valence-corrected chi connectivity index (χ4v) is 3.13. The fraction of sp³-hybridized carbons (Fsp3) is 0.143. The summed E-state index contributed by atoms with van der Waals surface area (Å²) in [7, 11) is 0. The van der Waals surface area contributed by atoms with Crippen LogP contribution in [-0.4, -0.2) is 11.9 Å². The summed E-state index contributed by atoms with van der Waals surface area (Å²) in [5.41, 5.74) is 0.567. The molecule has 0 fully saturated rings. The molecule has 3 rings (SSSR count). The summed E-state index contributed by atoms with van der Waals surface area (Å²) in [6.07, 6.45) is -1.17. The molecule has 2 aromatic carbocycles. The minimum Gasteiger partial charge on any atom is -0.454 e. The van der Waals surface area contributed by atoms with Crippen molar-refractivity contribution in [2.45, 2.75) is 6.10 Å². The molecule has 1 heterocycles. The van der Waals surface area contributed by atoms with Crippen LogP contribution in [0.15, 0.2) is 33.2 Å². The van der Waals surface area contributed by atoms with Crippen LogP contribution in [0.3, 0.4) is 0 Å². The van der Waals surface area contributed by atoms with Gasteiger partial charge in [0.25, 0.3) is 0 Å². The molecule has 0 aliphatic carbocycles. The first-order chi connectivity index (χ1) is 9.99. The standard InChI is InChI=1S/C14H8Br2ClFO3/c15-8-2-1-7(12(18)11(8)17)13(19)6-3-9(16)14-10(4-6)20-5-21-14/h1-4,13,19H,5H2. The fourth-order valence-electron chi connectivity index (χ4n) is 2.08. The molecule has 1 atom stereocenters. The molecule has 0 radical (unpaired) electrons. The number of aliphatic hydroxyl groups is 1. The molecule has 0 amide bonds. The van der Waals surface area contributed by atoms with Gasteiger partial charge in [-0.3, -0.25) is 0 Å². The third-order valence-electron chi connectivity index (χ3n) is 3.12. The second kappa shape index (κ2) is 5.76. The smallest absolute Gasteiger partial charge is 0.231 e. The average Bonchev–Trinajstić information content (AvgIpc) is 2.93. The highest BCUT2D eigenvalue weighted by Crippen LogP contribution is 2.42. The van der Waals surface area contributed by atoms with Gasteiger partial charge in [0, 0.05) is 10.0 Å². The molecule has 1 aliphatic heterocycles. The van der Waals surface area contributed by atoms with E-state index in [0.29, 0.717) is 26.0 Å². The summed E-state index contributed by atoms with van der Waals surface area (Å²) in [6, 6.07) is 6.35. The summed E-state index contributed by atoms with van der Waals surface area (Å²) in [6.45, 7) is 0.117. The van der Waals surface area contributed by atoms with E-state index in [1.54, 1.807) is 18.2 Å². The molecule has 3 nitrogen and oxygen atoms in total. The van der Waals surface area contributed by atoms with Crippen molar-refractivity contribution in [2.75, 3.05) is 6.79 Å². The van der Waals surface area contributed by atoms with E-state index >= 15 is 0 Å². The minimum atomic E-state index is -1.17. The van der Waals surface area contributed by atoms with Gasteiger partial charge in [-0.1, -0.05) is 17.7 Å². The van der Waals surface area contributed by atoms with E-state index in [2.05, 4.69) is 31.9 Å².